The minimum absolute atomic E-state index is 0.0718. The highest BCUT2D eigenvalue weighted by atomic mass is 32.1. The summed E-state index contributed by atoms with van der Waals surface area (Å²) < 4.78 is 0. The van der Waals surface area contributed by atoms with Gasteiger partial charge in [-0.25, -0.2) is 4.98 Å². The fourth-order valence-electron chi connectivity index (χ4n) is 1.22. The van der Waals surface area contributed by atoms with Crippen molar-refractivity contribution in [2.45, 2.75) is 6.54 Å². The van der Waals surface area contributed by atoms with E-state index in [0.717, 1.165) is 5.56 Å². The Morgan fingerprint density at radius 2 is 2.53 bits per heavy atom. The van der Waals surface area contributed by atoms with Crippen LogP contribution >= 0.6 is 11.3 Å². The molecule has 0 saturated carbocycles. The number of carbonyl (C=O) groups excluding carboxylic acids is 1. The molecule has 0 saturated heterocycles. The van der Waals surface area contributed by atoms with Crippen molar-refractivity contribution >= 4 is 17.2 Å². The van der Waals surface area contributed by atoms with Crippen molar-refractivity contribution in [1.82, 2.24) is 20.1 Å². The summed E-state index contributed by atoms with van der Waals surface area (Å²) in [4.78, 5) is 17.4. The van der Waals surface area contributed by atoms with Crippen molar-refractivity contribution in [2.24, 2.45) is 0 Å². The molecule has 1 amide bonds. The van der Waals surface area contributed by atoms with Gasteiger partial charge >= 0.3 is 0 Å². The van der Waals surface area contributed by atoms with E-state index in [-0.39, 0.29) is 5.91 Å². The lowest BCUT2D eigenvalue weighted by Gasteiger charge is -2.14. The Morgan fingerprint density at radius 1 is 1.67 bits per heavy atom. The normalized spacial score (nSPS) is 10.2. The molecule has 0 spiro atoms. The summed E-state index contributed by atoms with van der Waals surface area (Å²) in [6.45, 7) is 0.535. The van der Waals surface area contributed by atoms with Gasteiger partial charge < -0.3 is 4.90 Å². The van der Waals surface area contributed by atoms with Crippen molar-refractivity contribution in [3.63, 3.8) is 0 Å². The molecule has 5 nitrogen and oxygen atoms in total. The van der Waals surface area contributed by atoms with Crippen molar-refractivity contribution in [2.75, 3.05) is 7.05 Å². The molecule has 6 heteroatoms. The van der Waals surface area contributed by atoms with Gasteiger partial charge in [0.25, 0.3) is 5.91 Å². The predicted molar refractivity (Wildman–Crippen MR) is 56.5 cm³/mol. The molecule has 0 fully saturated rings. The first kappa shape index (κ1) is 9.85. The summed E-state index contributed by atoms with van der Waals surface area (Å²) >= 11 is 1.42. The van der Waals surface area contributed by atoms with Crippen LogP contribution in [-0.2, 0) is 6.54 Å². The Kier molecular flexibility index (Phi) is 2.77. The zero-order valence-corrected chi connectivity index (χ0v) is 8.99. The molecule has 0 aliphatic heterocycles. The molecule has 0 bridgehead atoms. The van der Waals surface area contributed by atoms with Crippen LogP contribution in [0.2, 0.25) is 0 Å². The number of hydrogen-bond acceptors (Lipinski definition) is 4. The van der Waals surface area contributed by atoms with Gasteiger partial charge in [0.1, 0.15) is 5.69 Å². The molecule has 0 atom stereocenters. The summed E-state index contributed by atoms with van der Waals surface area (Å²) in [5.74, 6) is -0.0718. The maximum atomic E-state index is 11.8. The monoisotopic (exact) mass is 222 g/mol. The van der Waals surface area contributed by atoms with Crippen LogP contribution in [0.3, 0.4) is 0 Å². The SMILES string of the molecule is CN(Cc1cn[nH]c1)C(=O)c1cscn1. The molecule has 0 radical (unpaired) electrons. The Balaban J connectivity index is 2.03. The zero-order chi connectivity index (χ0) is 10.7. The van der Waals surface area contributed by atoms with Gasteiger partial charge in [0.05, 0.1) is 11.7 Å². The molecule has 0 aliphatic rings. The van der Waals surface area contributed by atoms with E-state index in [9.17, 15) is 4.79 Å². The highest BCUT2D eigenvalue weighted by Gasteiger charge is 2.13. The molecule has 0 aliphatic carbocycles. The number of hydrogen-bond donors (Lipinski definition) is 1. The van der Waals surface area contributed by atoms with Gasteiger partial charge in [0, 0.05) is 30.7 Å². The number of aromatic nitrogens is 3. The van der Waals surface area contributed by atoms with Crippen LogP contribution in [0.1, 0.15) is 16.1 Å². The van der Waals surface area contributed by atoms with E-state index in [1.807, 2.05) is 0 Å². The van der Waals surface area contributed by atoms with E-state index in [4.69, 9.17) is 0 Å². The van der Waals surface area contributed by atoms with E-state index in [1.54, 1.807) is 35.2 Å². The molecule has 2 aromatic rings. The van der Waals surface area contributed by atoms with Gasteiger partial charge in [0.15, 0.2) is 0 Å². The molecule has 2 rings (SSSR count). The number of nitrogens with zero attached hydrogens (tertiary/aromatic N) is 3. The average Bonchev–Trinajstić information content (AvgIpc) is 2.88. The van der Waals surface area contributed by atoms with E-state index >= 15 is 0 Å². The Bertz CT molecular complexity index is 423. The Labute approximate surface area is 90.8 Å². The minimum Gasteiger partial charge on any atom is -0.336 e. The number of carbonyl (C=O) groups is 1. The van der Waals surface area contributed by atoms with Crippen LogP contribution in [0.5, 0.6) is 0 Å². The van der Waals surface area contributed by atoms with Crippen LogP contribution in [0, 0.1) is 0 Å². The Morgan fingerprint density at radius 3 is 3.13 bits per heavy atom. The van der Waals surface area contributed by atoms with E-state index in [0.29, 0.717) is 12.2 Å². The summed E-state index contributed by atoms with van der Waals surface area (Å²) in [7, 11) is 1.74. The first-order valence-corrected chi connectivity index (χ1v) is 5.33. The van der Waals surface area contributed by atoms with Crippen molar-refractivity contribution in [3.8, 4) is 0 Å². The van der Waals surface area contributed by atoms with E-state index in [1.165, 1.54) is 11.3 Å². The lowest BCUT2D eigenvalue weighted by atomic mass is 10.3. The van der Waals surface area contributed by atoms with Gasteiger partial charge in [-0.3, -0.25) is 9.89 Å². The molecular formula is C9H10N4OS. The molecular weight excluding hydrogens is 212 g/mol. The van der Waals surface area contributed by atoms with E-state index < -0.39 is 0 Å². The largest absolute Gasteiger partial charge is 0.336 e. The zero-order valence-electron chi connectivity index (χ0n) is 8.17. The van der Waals surface area contributed by atoms with Gasteiger partial charge in [0.2, 0.25) is 0 Å². The molecule has 0 unspecified atom stereocenters. The summed E-state index contributed by atoms with van der Waals surface area (Å²) in [6.07, 6.45) is 3.47. The lowest BCUT2D eigenvalue weighted by molar-refractivity contribution is 0.0780. The van der Waals surface area contributed by atoms with Gasteiger partial charge in [-0.05, 0) is 0 Å². The maximum Gasteiger partial charge on any atom is 0.273 e. The molecule has 2 heterocycles. The molecule has 15 heavy (non-hydrogen) atoms. The smallest absolute Gasteiger partial charge is 0.273 e. The fraction of sp³-hybridized carbons (Fsp3) is 0.222. The average molecular weight is 222 g/mol. The summed E-state index contributed by atoms with van der Waals surface area (Å²) in [5, 5.41) is 8.27. The topological polar surface area (TPSA) is 61.9 Å². The number of thiazole rings is 1. The van der Waals surface area contributed by atoms with Crippen molar-refractivity contribution < 1.29 is 4.79 Å². The second-order valence-corrected chi connectivity index (χ2v) is 3.86. The van der Waals surface area contributed by atoms with Crippen molar-refractivity contribution in [3.05, 3.63) is 34.5 Å². The third kappa shape index (κ3) is 2.21. The van der Waals surface area contributed by atoms with Crippen LogP contribution in [0.4, 0.5) is 0 Å². The Hall–Kier alpha value is -1.69. The van der Waals surface area contributed by atoms with E-state index in [2.05, 4.69) is 15.2 Å². The number of H-pyrrole nitrogens is 1. The van der Waals surface area contributed by atoms with Crippen molar-refractivity contribution in [1.29, 1.82) is 0 Å². The highest BCUT2D eigenvalue weighted by Crippen LogP contribution is 2.07. The first-order chi connectivity index (χ1) is 7.27. The lowest BCUT2D eigenvalue weighted by Crippen LogP contribution is -2.26. The third-order valence-electron chi connectivity index (χ3n) is 1.97. The second-order valence-electron chi connectivity index (χ2n) is 3.14. The predicted octanol–water partition coefficient (Wildman–Crippen LogP) is 1.14. The quantitative estimate of drug-likeness (QED) is 0.847. The highest BCUT2D eigenvalue weighted by molar-refractivity contribution is 7.07. The molecule has 0 aromatic carbocycles. The minimum atomic E-state index is -0.0718. The van der Waals surface area contributed by atoms with Crippen LogP contribution < -0.4 is 0 Å². The number of rotatable bonds is 3. The second kappa shape index (κ2) is 4.22. The molecule has 78 valence electrons. The van der Waals surface area contributed by atoms with Crippen LogP contribution in [0.25, 0.3) is 0 Å². The van der Waals surface area contributed by atoms with Crippen LogP contribution in [-0.4, -0.2) is 33.0 Å². The van der Waals surface area contributed by atoms with Crippen LogP contribution in [0.15, 0.2) is 23.3 Å². The first-order valence-electron chi connectivity index (χ1n) is 4.38. The number of amides is 1. The fourth-order valence-corrected chi connectivity index (χ4v) is 1.75. The summed E-state index contributed by atoms with van der Waals surface area (Å²) in [5.41, 5.74) is 3.12. The molecule has 2 aromatic heterocycles. The third-order valence-corrected chi connectivity index (χ3v) is 2.56. The number of aromatic amines is 1. The maximum absolute atomic E-state index is 11.8. The molecule has 1 N–H and O–H groups in total. The van der Waals surface area contributed by atoms with Gasteiger partial charge in [-0.2, -0.15) is 5.10 Å². The standard InChI is InChI=1S/C9H10N4OS/c1-13(4-7-2-11-12-3-7)9(14)8-5-15-6-10-8/h2-3,5-6H,4H2,1H3,(H,11,12). The summed E-state index contributed by atoms with van der Waals surface area (Å²) in [6, 6.07) is 0. The van der Waals surface area contributed by atoms with Gasteiger partial charge in [-0.15, -0.1) is 11.3 Å². The number of nitrogens with one attached hydrogen (secondary N) is 1. The van der Waals surface area contributed by atoms with Gasteiger partial charge in [-0.1, -0.05) is 0 Å².